The highest BCUT2D eigenvalue weighted by molar-refractivity contribution is 6.09. The molecule has 2 aromatic heterocycles. The van der Waals surface area contributed by atoms with Crippen molar-refractivity contribution in [3.63, 3.8) is 0 Å². The van der Waals surface area contributed by atoms with E-state index >= 15 is 0 Å². The van der Waals surface area contributed by atoms with Gasteiger partial charge in [-0.15, -0.1) is 5.10 Å². The lowest BCUT2D eigenvalue weighted by Crippen LogP contribution is -2.47. The zero-order valence-electron chi connectivity index (χ0n) is 21.8. The van der Waals surface area contributed by atoms with Crippen LogP contribution in [0.1, 0.15) is 54.3 Å². The number of aromatic nitrogens is 4. The summed E-state index contributed by atoms with van der Waals surface area (Å²) >= 11 is 0. The van der Waals surface area contributed by atoms with E-state index in [1.54, 1.807) is 61.7 Å². The Bertz CT molecular complexity index is 1380. The van der Waals surface area contributed by atoms with Crippen LogP contribution >= 0.6 is 0 Å². The van der Waals surface area contributed by atoms with Crippen molar-refractivity contribution in [1.82, 2.24) is 25.5 Å². The lowest BCUT2D eigenvalue weighted by Gasteiger charge is -2.33. The van der Waals surface area contributed by atoms with Gasteiger partial charge in [0.1, 0.15) is 29.6 Å². The molecular formula is C28H30N6O5. The minimum atomic E-state index is -1.00. The largest absolute Gasteiger partial charge is 0.497 e. The van der Waals surface area contributed by atoms with Crippen molar-refractivity contribution in [2.75, 3.05) is 19.1 Å². The first kappa shape index (κ1) is 26.0. The van der Waals surface area contributed by atoms with Gasteiger partial charge < -0.3 is 19.2 Å². The lowest BCUT2D eigenvalue weighted by atomic mass is 9.94. The van der Waals surface area contributed by atoms with E-state index in [1.807, 2.05) is 0 Å². The zero-order valence-corrected chi connectivity index (χ0v) is 21.8. The van der Waals surface area contributed by atoms with Gasteiger partial charge in [0.2, 0.25) is 5.91 Å². The van der Waals surface area contributed by atoms with Crippen molar-refractivity contribution >= 4 is 17.5 Å². The lowest BCUT2D eigenvalue weighted by molar-refractivity contribution is -0.123. The van der Waals surface area contributed by atoms with Gasteiger partial charge in [0.25, 0.3) is 5.91 Å². The number of hydrogen-bond donors (Lipinski definition) is 1. The first-order valence-corrected chi connectivity index (χ1v) is 12.8. The molecule has 1 atom stereocenters. The predicted molar refractivity (Wildman–Crippen MR) is 142 cm³/mol. The molecule has 5 rings (SSSR count). The Balaban J connectivity index is 1.62. The molecule has 2 heterocycles. The minimum absolute atomic E-state index is 0.0456. The number of carbonyl (C=O) groups excluding carboxylic acids is 2. The zero-order chi connectivity index (χ0) is 27.2. The van der Waals surface area contributed by atoms with E-state index in [0.29, 0.717) is 28.4 Å². The van der Waals surface area contributed by atoms with Crippen LogP contribution in [0.3, 0.4) is 0 Å². The van der Waals surface area contributed by atoms with Crippen molar-refractivity contribution in [3.05, 3.63) is 78.5 Å². The first-order chi connectivity index (χ1) is 19.1. The van der Waals surface area contributed by atoms with E-state index in [2.05, 4.69) is 20.8 Å². The molecule has 11 heteroatoms. The SMILES string of the molecule is COc1ccc([C@@H](C(=O)NC2CCCCC2)N(C(=O)c2ccco2)c2ccc(-n3cnnn3)c(OC)c2)cc1. The van der Waals surface area contributed by atoms with Crippen LogP contribution in [0.25, 0.3) is 5.69 Å². The van der Waals surface area contributed by atoms with Crippen molar-refractivity contribution in [3.8, 4) is 17.2 Å². The second-order valence-corrected chi connectivity index (χ2v) is 9.28. The highest BCUT2D eigenvalue weighted by Crippen LogP contribution is 2.35. The molecule has 11 nitrogen and oxygen atoms in total. The number of tetrazole rings is 1. The van der Waals surface area contributed by atoms with Gasteiger partial charge in [0, 0.05) is 17.8 Å². The van der Waals surface area contributed by atoms with Crippen molar-refractivity contribution in [2.24, 2.45) is 0 Å². The van der Waals surface area contributed by atoms with Gasteiger partial charge in [-0.2, -0.15) is 4.68 Å². The van der Waals surface area contributed by atoms with Crippen LogP contribution in [-0.2, 0) is 4.79 Å². The molecule has 1 aliphatic rings. The number of ether oxygens (including phenoxy) is 2. The molecule has 1 fully saturated rings. The quantitative estimate of drug-likeness (QED) is 0.343. The van der Waals surface area contributed by atoms with E-state index in [-0.39, 0.29) is 17.7 Å². The number of benzene rings is 2. The summed E-state index contributed by atoms with van der Waals surface area (Å²) in [6, 6.07) is 14.5. The van der Waals surface area contributed by atoms with Crippen LogP contribution in [-0.4, -0.2) is 52.3 Å². The Morgan fingerprint density at radius 3 is 2.49 bits per heavy atom. The fraction of sp³-hybridized carbons (Fsp3) is 0.321. The number of carbonyl (C=O) groups is 2. The average molecular weight is 531 g/mol. The Kier molecular flexibility index (Phi) is 7.86. The number of furan rings is 1. The third kappa shape index (κ3) is 5.62. The standard InChI is InChI=1S/C28H30N6O5/c1-37-22-13-10-19(11-14-22)26(27(35)30-20-7-4-3-5-8-20)34(28(36)24-9-6-16-39-24)21-12-15-23(25(17-21)38-2)33-18-29-31-32-33/h6,9-18,20,26H,3-5,7-8H2,1-2H3,(H,30,35)/t26-/m0/s1. The van der Waals surface area contributed by atoms with Crippen LogP contribution in [0, 0.1) is 0 Å². The average Bonchev–Trinajstić information content (AvgIpc) is 3.71. The summed E-state index contributed by atoms with van der Waals surface area (Å²) in [5.74, 6) is 0.398. The van der Waals surface area contributed by atoms with Gasteiger partial charge in [-0.05, 0) is 65.2 Å². The smallest absolute Gasteiger partial charge is 0.294 e. The molecule has 0 spiro atoms. The predicted octanol–water partition coefficient (Wildman–Crippen LogP) is 4.11. The highest BCUT2D eigenvalue weighted by Gasteiger charge is 2.36. The number of amides is 2. The van der Waals surface area contributed by atoms with Gasteiger partial charge in [-0.1, -0.05) is 31.4 Å². The fourth-order valence-corrected chi connectivity index (χ4v) is 4.91. The molecule has 0 aliphatic heterocycles. The van der Waals surface area contributed by atoms with Gasteiger partial charge >= 0.3 is 0 Å². The van der Waals surface area contributed by atoms with Crippen LogP contribution < -0.4 is 19.7 Å². The molecule has 39 heavy (non-hydrogen) atoms. The molecule has 1 aliphatic carbocycles. The summed E-state index contributed by atoms with van der Waals surface area (Å²) in [4.78, 5) is 29.5. The van der Waals surface area contributed by atoms with Crippen LogP contribution in [0.15, 0.2) is 71.6 Å². The molecule has 0 bridgehead atoms. The maximum atomic E-state index is 14.0. The molecule has 1 saturated carbocycles. The molecular weight excluding hydrogens is 500 g/mol. The molecule has 0 unspecified atom stereocenters. The summed E-state index contributed by atoms with van der Waals surface area (Å²) in [5, 5.41) is 14.5. The third-order valence-electron chi connectivity index (χ3n) is 6.88. The normalized spacial score (nSPS) is 14.4. The molecule has 1 N–H and O–H groups in total. The van der Waals surface area contributed by atoms with Crippen molar-refractivity contribution in [2.45, 2.75) is 44.2 Å². The van der Waals surface area contributed by atoms with E-state index in [9.17, 15) is 9.59 Å². The molecule has 0 saturated heterocycles. The van der Waals surface area contributed by atoms with Crippen LogP contribution in [0.4, 0.5) is 5.69 Å². The van der Waals surface area contributed by atoms with Gasteiger partial charge in [0.05, 0.1) is 20.5 Å². The molecule has 2 aromatic carbocycles. The third-order valence-corrected chi connectivity index (χ3v) is 6.88. The summed E-state index contributed by atoms with van der Waals surface area (Å²) in [7, 11) is 3.09. The van der Waals surface area contributed by atoms with E-state index in [4.69, 9.17) is 13.9 Å². The highest BCUT2D eigenvalue weighted by atomic mass is 16.5. The maximum Gasteiger partial charge on any atom is 0.294 e. The molecule has 4 aromatic rings. The molecule has 2 amide bonds. The number of rotatable bonds is 9. The van der Waals surface area contributed by atoms with Crippen LogP contribution in [0.5, 0.6) is 11.5 Å². The van der Waals surface area contributed by atoms with E-state index < -0.39 is 11.9 Å². The number of nitrogens with zero attached hydrogens (tertiary/aromatic N) is 5. The number of anilines is 1. The van der Waals surface area contributed by atoms with Gasteiger partial charge in [0.15, 0.2) is 5.76 Å². The molecule has 0 radical (unpaired) electrons. The van der Waals surface area contributed by atoms with Gasteiger partial charge in [-0.25, -0.2) is 0 Å². The Hall–Kier alpha value is -4.67. The van der Waals surface area contributed by atoms with Gasteiger partial charge in [-0.3, -0.25) is 14.5 Å². The first-order valence-electron chi connectivity index (χ1n) is 12.8. The summed E-state index contributed by atoms with van der Waals surface area (Å²) in [6.07, 6.45) is 7.96. The van der Waals surface area contributed by atoms with E-state index in [0.717, 1.165) is 32.1 Å². The monoisotopic (exact) mass is 530 g/mol. The minimum Gasteiger partial charge on any atom is -0.497 e. The van der Waals surface area contributed by atoms with Crippen LogP contribution in [0.2, 0.25) is 0 Å². The Labute approximate surface area is 225 Å². The van der Waals surface area contributed by atoms with Crippen molar-refractivity contribution in [1.29, 1.82) is 0 Å². The summed E-state index contributed by atoms with van der Waals surface area (Å²) < 4.78 is 17.9. The summed E-state index contributed by atoms with van der Waals surface area (Å²) in [6.45, 7) is 0. The Morgan fingerprint density at radius 1 is 1.05 bits per heavy atom. The topological polar surface area (TPSA) is 125 Å². The Morgan fingerprint density at radius 2 is 1.85 bits per heavy atom. The second kappa shape index (κ2) is 11.8. The van der Waals surface area contributed by atoms with Crippen molar-refractivity contribution < 1.29 is 23.5 Å². The van der Waals surface area contributed by atoms with E-state index in [1.165, 1.54) is 29.3 Å². The number of methoxy groups -OCH3 is 2. The summed E-state index contributed by atoms with van der Waals surface area (Å²) in [5.41, 5.74) is 1.63. The number of hydrogen-bond acceptors (Lipinski definition) is 8. The maximum absolute atomic E-state index is 14.0. The number of nitrogens with one attached hydrogen (secondary N) is 1. The second-order valence-electron chi connectivity index (χ2n) is 9.28. The fourth-order valence-electron chi connectivity index (χ4n) is 4.91. The molecule has 202 valence electrons.